The van der Waals surface area contributed by atoms with E-state index in [-0.39, 0.29) is 24.0 Å². The van der Waals surface area contributed by atoms with Crippen LogP contribution in [0.4, 0.5) is 0 Å². The maximum Gasteiger partial charge on any atom is 0.191 e. The van der Waals surface area contributed by atoms with E-state index in [9.17, 15) is 0 Å². The minimum Gasteiger partial charge on any atom is -0.370 e. The number of rotatable bonds is 2. The molecule has 0 aromatic carbocycles. The lowest BCUT2D eigenvalue weighted by atomic mass is 10.2. The van der Waals surface area contributed by atoms with Crippen molar-refractivity contribution in [3.05, 3.63) is 29.0 Å². The summed E-state index contributed by atoms with van der Waals surface area (Å²) in [6.07, 6.45) is 6.74. The van der Waals surface area contributed by atoms with E-state index in [1.165, 1.54) is 25.7 Å². The normalized spacial score (nSPS) is 16.7. The summed E-state index contributed by atoms with van der Waals surface area (Å²) in [5, 5.41) is 0.503. The SMILES string of the molecule is I.NC(=NCc1ccc(Cl)nc1)N1CCCCCC1. The van der Waals surface area contributed by atoms with Gasteiger partial charge < -0.3 is 10.6 Å². The highest BCUT2D eigenvalue weighted by atomic mass is 127. The summed E-state index contributed by atoms with van der Waals surface area (Å²) in [7, 11) is 0. The van der Waals surface area contributed by atoms with Crippen LogP contribution in [0.5, 0.6) is 0 Å². The number of hydrogen-bond donors (Lipinski definition) is 1. The van der Waals surface area contributed by atoms with Gasteiger partial charge in [-0.2, -0.15) is 0 Å². The Kier molecular flexibility index (Phi) is 7.45. The van der Waals surface area contributed by atoms with Crippen molar-refractivity contribution in [1.29, 1.82) is 0 Å². The van der Waals surface area contributed by atoms with Crippen molar-refractivity contribution in [2.24, 2.45) is 10.7 Å². The molecule has 1 aliphatic heterocycles. The molecule has 0 spiro atoms. The summed E-state index contributed by atoms with van der Waals surface area (Å²) in [5.74, 6) is 0.645. The molecule has 1 fully saturated rings. The fourth-order valence-corrected chi connectivity index (χ4v) is 2.18. The van der Waals surface area contributed by atoms with Gasteiger partial charge in [-0.15, -0.1) is 24.0 Å². The molecule has 2 N–H and O–H groups in total. The average molecular weight is 395 g/mol. The Hall–Kier alpha value is -0.560. The third-order valence-electron chi connectivity index (χ3n) is 3.14. The minimum absolute atomic E-state index is 0. The van der Waals surface area contributed by atoms with Gasteiger partial charge in [0.25, 0.3) is 0 Å². The van der Waals surface area contributed by atoms with Crippen molar-refractivity contribution in [2.75, 3.05) is 13.1 Å². The van der Waals surface area contributed by atoms with Crippen LogP contribution in [0.1, 0.15) is 31.2 Å². The maximum absolute atomic E-state index is 6.03. The monoisotopic (exact) mass is 394 g/mol. The van der Waals surface area contributed by atoms with Crippen LogP contribution in [0.25, 0.3) is 0 Å². The van der Waals surface area contributed by atoms with E-state index in [2.05, 4.69) is 14.9 Å². The van der Waals surface area contributed by atoms with E-state index >= 15 is 0 Å². The smallest absolute Gasteiger partial charge is 0.191 e. The van der Waals surface area contributed by atoms with Crippen molar-refractivity contribution < 1.29 is 0 Å². The first-order chi connectivity index (χ1) is 8.75. The van der Waals surface area contributed by atoms with Gasteiger partial charge in [-0.25, -0.2) is 9.98 Å². The molecule has 0 amide bonds. The van der Waals surface area contributed by atoms with Gasteiger partial charge in [-0.1, -0.05) is 30.5 Å². The Morgan fingerprint density at radius 3 is 2.53 bits per heavy atom. The van der Waals surface area contributed by atoms with E-state index in [1.54, 1.807) is 12.3 Å². The number of aliphatic imine (C=N–C) groups is 1. The van der Waals surface area contributed by atoms with Crippen LogP contribution in [0.2, 0.25) is 5.15 Å². The van der Waals surface area contributed by atoms with E-state index < -0.39 is 0 Å². The number of likely N-dealkylation sites (tertiary alicyclic amines) is 1. The molecule has 1 saturated heterocycles. The topological polar surface area (TPSA) is 54.5 Å². The molecule has 0 saturated carbocycles. The second kappa shape index (κ2) is 8.58. The van der Waals surface area contributed by atoms with Crippen LogP contribution in [0, 0.1) is 0 Å². The zero-order valence-corrected chi connectivity index (χ0v) is 14.0. The zero-order valence-electron chi connectivity index (χ0n) is 10.9. The summed E-state index contributed by atoms with van der Waals surface area (Å²) < 4.78 is 0. The molecule has 4 nitrogen and oxygen atoms in total. The minimum atomic E-state index is 0. The number of aromatic nitrogens is 1. The van der Waals surface area contributed by atoms with Crippen LogP contribution in [0.3, 0.4) is 0 Å². The fourth-order valence-electron chi connectivity index (χ4n) is 2.07. The highest BCUT2D eigenvalue weighted by Gasteiger charge is 2.10. The van der Waals surface area contributed by atoms with Crippen molar-refractivity contribution in [1.82, 2.24) is 9.88 Å². The maximum atomic E-state index is 6.03. The van der Waals surface area contributed by atoms with Crippen LogP contribution >= 0.6 is 35.6 Å². The molecule has 19 heavy (non-hydrogen) atoms. The number of guanidine groups is 1. The Balaban J connectivity index is 0.00000180. The summed E-state index contributed by atoms with van der Waals surface area (Å²) in [6, 6.07) is 3.70. The van der Waals surface area contributed by atoms with Gasteiger partial charge in [0, 0.05) is 19.3 Å². The molecule has 0 radical (unpaired) electrons. The van der Waals surface area contributed by atoms with Crippen LogP contribution < -0.4 is 5.73 Å². The summed E-state index contributed by atoms with van der Waals surface area (Å²) >= 11 is 5.73. The summed E-state index contributed by atoms with van der Waals surface area (Å²) in [5.41, 5.74) is 7.05. The van der Waals surface area contributed by atoms with Crippen LogP contribution in [-0.2, 0) is 6.54 Å². The molecule has 2 rings (SSSR count). The second-order valence-electron chi connectivity index (χ2n) is 4.56. The van der Waals surface area contributed by atoms with Crippen molar-refractivity contribution in [3.63, 3.8) is 0 Å². The van der Waals surface area contributed by atoms with Crippen molar-refractivity contribution >= 4 is 41.5 Å². The van der Waals surface area contributed by atoms with Gasteiger partial charge in [0.05, 0.1) is 6.54 Å². The lowest BCUT2D eigenvalue weighted by molar-refractivity contribution is 0.428. The molecular formula is C13H20ClIN4. The quantitative estimate of drug-likeness (QED) is 0.363. The molecule has 0 atom stereocenters. The molecule has 6 heteroatoms. The Labute approximate surface area is 136 Å². The number of nitrogens with two attached hydrogens (primary N) is 1. The Morgan fingerprint density at radius 1 is 1.26 bits per heavy atom. The predicted octanol–water partition coefficient (Wildman–Crippen LogP) is 3.04. The third kappa shape index (κ3) is 5.52. The molecule has 0 aliphatic carbocycles. The average Bonchev–Trinajstić information content (AvgIpc) is 2.66. The summed E-state index contributed by atoms with van der Waals surface area (Å²) in [4.78, 5) is 10.6. The van der Waals surface area contributed by atoms with Gasteiger partial charge >= 0.3 is 0 Å². The first-order valence-electron chi connectivity index (χ1n) is 6.41. The number of pyridine rings is 1. The predicted molar refractivity (Wildman–Crippen MR) is 90.0 cm³/mol. The van der Waals surface area contributed by atoms with E-state index in [1.807, 2.05) is 6.07 Å². The molecule has 0 unspecified atom stereocenters. The van der Waals surface area contributed by atoms with Gasteiger partial charge in [-0.05, 0) is 24.5 Å². The van der Waals surface area contributed by atoms with Crippen LogP contribution in [0.15, 0.2) is 23.3 Å². The number of halogens is 2. The van der Waals surface area contributed by atoms with Gasteiger partial charge in [0.1, 0.15) is 5.15 Å². The third-order valence-corrected chi connectivity index (χ3v) is 3.37. The lowest BCUT2D eigenvalue weighted by Crippen LogP contribution is -2.38. The van der Waals surface area contributed by atoms with Crippen molar-refractivity contribution in [2.45, 2.75) is 32.2 Å². The van der Waals surface area contributed by atoms with E-state index in [0.29, 0.717) is 17.7 Å². The highest BCUT2D eigenvalue weighted by molar-refractivity contribution is 14.0. The standard InChI is InChI=1S/C13H19ClN4.HI/c14-12-6-5-11(9-16-12)10-17-13(15)18-7-3-1-2-4-8-18;/h5-6,9H,1-4,7-8,10H2,(H2,15,17);1H. The lowest BCUT2D eigenvalue weighted by Gasteiger charge is -2.21. The molecule has 106 valence electrons. The summed E-state index contributed by atoms with van der Waals surface area (Å²) in [6.45, 7) is 2.61. The largest absolute Gasteiger partial charge is 0.370 e. The number of hydrogen-bond acceptors (Lipinski definition) is 2. The molecular weight excluding hydrogens is 375 g/mol. The molecule has 2 heterocycles. The fraction of sp³-hybridized carbons (Fsp3) is 0.538. The molecule has 1 aromatic rings. The highest BCUT2D eigenvalue weighted by Crippen LogP contribution is 2.10. The second-order valence-corrected chi connectivity index (χ2v) is 4.95. The first kappa shape index (κ1) is 16.5. The molecule has 1 aromatic heterocycles. The van der Waals surface area contributed by atoms with Crippen molar-refractivity contribution in [3.8, 4) is 0 Å². The number of nitrogens with zero attached hydrogens (tertiary/aromatic N) is 3. The first-order valence-corrected chi connectivity index (χ1v) is 6.79. The van der Waals surface area contributed by atoms with E-state index in [0.717, 1.165) is 18.7 Å². The van der Waals surface area contributed by atoms with E-state index in [4.69, 9.17) is 17.3 Å². The Morgan fingerprint density at radius 2 is 1.95 bits per heavy atom. The zero-order chi connectivity index (χ0) is 12.8. The van der Waals surface area contributed by atoms with Gasteiger partial charge in [0.2, 0.25) is 0 Å². The van der Waals surface area contributed by atoms with Gasteiger partial charge in [0.15, 0.2) is 5.96 Å². The van der Waals surface area contributed by atoms with Crippen LogP contribution in [-0.4, -0.2) is 28.9 Å². The van der Waals surface area contributed by atoms with Gasteiger partial charge in [-0.3, -0.25) is 0 Å². The molecule has 1 aliphatic rings. The Bertz CT molecular complexity index is 400. The molecule has 0 bridgehead atoms.